The van der Waals surface area contributed by atoms with Gasteiger partial charge in [0.25, 0.3) is 0 Å². The SMILES string of the molecule is O=C(NCc1ccc(-c2noc(C(F)(F)F)n2)cc1F)OCc1cnc2ccccc2c1. The van der Waals surface area contributed by atoms with Crippen LogP contribution >= 0.6 is 0 Å². The van der Waals surface area contributed by atoms with Crippen LogP contribution in [-0.4, -0.2) is 21.2 Å². The van der Waals surface area contributed by atoms with Crippen molar-refractivity contribution >= 4 is 17.0 Å². The number of para-hydroxylation sites is 1. The summed E-state index contributed by atoms with van der Waals surface area (Å²) in [5.74, 6) is -2.69. The maximum Gasteiger partial charge on any atom is 0.471 e. The van der Waals surface area contributed by atoms with E-state index in [9.17, 15) is 22.4 Å². The van der Waals surface area contributed by atoms with Crippen molar-refractivity contribution in [1.29, 1.82) is 0 Å². The average Bonchev–Trinajstić information content (AvgIpc) is 3.28. The molecule has 0 saturated heterocycles. The van der Waals surface area contributed by atoms with Crippen molar-refractivity contribution < 1.29 is 31.6 Å². The van der Waals surface area contributed by atoms with Gasteiger partial charge in [0.05, 0.1) is 5.52 Å². The first-order valence-electron chi connectivity index (χ1n) is 9.23. The Morgan fingerprint density at radius 3 is 2.69 bits per heavy atom. The third kappa shape index (κ3) is 4.82. The highest BCUT2D eigenvalue weighted by Gasteiger charge is 2.38. The summed E-state index contributed by atoms with van der Waals surface area (Å²) >= 11 is 0. The fraction of sp³-hybridized carbons (Fsp3) is 0.143. The van der Waals surface area contributed by atoms with Gasteiger partial charge in [-0.05, 0) is 18.2 Å². The van der Waals surface area contributed by atoms with Crippen LogP contribution in [-0.2, 0) is 24.1 Å². The van der Waals surface area contributed by atoms with Crippen LogP contribution in [0.3, 0.4) is 0 Å². The van der Waals surface area contributed by atoms with Gasteiger partial charge >= 0.3 is 18.2 Å². The van der Waals surface area contributed by atoms with Gasteiger partial charge in [-0.3, -0.25) is 4.98 Å². The van der Waals surface area contributed by atoms with Gasteiger partial charge in [-0.25, -0.2) is 9.18 Å². The topological polar surface area (TPSA) is 90.1 Å². The number of alkyl halides is 3. The van der Waals surface area contributed by atoms with Gasteiger partial charge < -0.3 is 14.6 Å². The Bertz CT molecular complexity index is 1270. The van der Waals surface area contributed by atoms with E-state index < -0.39 is 29.8 Å². The number of nitrogens with zero attached hydrogens (tertiary/aromatic N) is 3. The summed E-state index contributed by atoms with van der Waals surface area (Å²) in [6.45, 7) is -0.217. The molecule has 32 heavy (non-hydrogen) atoms. The number of amides is 1. The monoisotopic (exact) mass is 446 g/mol. The van der Waals surface area contributed by atoms with Gasteiger partial charge in [-0.15, -0.1) is 0 Å². The van der Waals surface area contributed by atoms with Gasteiger partial charge in [0.15, 0.2) is 0 Å². The van der Waals surface area contributed by atoms with Crippen molar-refractivity contribution in [3.63, 3.8) is 0 Å². The minimum absolute atomic E-state index is 0.00289. The minimum Gasteiger partial charge on any atom is -0.445 e. The fourth-order valence-corrected chi connectivity index (χ4v) is 2.85. The van der Waals surface area contributed by atoms with E-state index in [1.165, 1.54) is 12.1 Å². The van der Waals surface area contributed by atoms with Crippen LogP contribution < -0.4 is 5.32 Å². The van der Waals surface area contributed by atoms with E-state index in [0.717, 1.165) is 17.0 Å². The molecule has 1 amide bonds. The summed E-state index contributed by atoms with van der Waals surface area (Å²) in [6, 6.07) is 12.9. The molecule has 0 unspecified atom stereocenters. The van der Waals surface area contributed by atoms with Crippen LogP contribution in [0, 0.1) is 5.82 Å². The molecule has 0 atom stereocenters. The van der Waals surface area contributed by atoms with Crippen molar-refractivity contribution in [2.75, 3.05) is 0 Å². The number of rotatable bonds is 5. The summed E-state index contributed by atoms with van der Waals surface area (Å²) in [4.78, 5) is 19.4. The number of aromatic nitrogens is 3. The van der Waals surface area contributed by atoms with Gasteiger partial charge in [0.2, 0.25) is 5.82 Å². The number of carbonyl (C=O) groups is 1. The Morgan fingerprint density at radius 2 is 1.94 bits per heavy atom. The van der Waals surface area contributed by atoms with Crippen LogP contribution in [0.2, 0.25) is 0 Å². The second-order valence-electron chi connectivity index (χ2n) is 6.69. The van der Waals surface area contributed by atoms with E-state index in [4.69, 9.17) is 4.74 Å². The van der Waals surface area contributed by atoms with Crippen LogP contribution in [0.5, 0.6) is 0 Å². The molecule has 4 aromatic rings. The third-order valence-electron chi connectivity index (χ3n) is 4.42. The average molecular weight is 446 g/mol. The first kappa shape index (κ1) is 21.2. The van der Waals surface area contributed by atoms with Crippen molar-refractivity contribution in [3.8, 4) is 11.4 Å². The molecule has 0 radical (unpaired) electrons. The number of nitrogens with one attached hydrogen (secondary N) is 1. The van der Waals surface area contributed by atoms with E-state index >= 15 is 0 Å². The maximum atomic E-state index is 14.3. The molecule has 4 rings (SSSR count). The molecule has 0 fully saturated rings. The molecule has 0 aliphatic carbocycles. The summed E-state index contributed by atoms with van der Waals surface area (Å²) in [7, 11) is 0. The molecular weight excluding hydrogens is 432 g/mol. The first-order chi connectivity index (χ1) is 15.3. The molecule has 2 aromatic carbocycles. The van der Waals surface area contributed by atoms with E-state index in [-0.39, 0.29) is 24.3 Å². The Hall–Kier alpha value is -4.02. The molecule has 0 saturated carbocycles. The first-order valence-corrected chi connectivity index (χ1v) is 9.23. The highest BCUT2D eigenvalue weighted by molar-refractivity contribution is 5.78. The number of hydrogen-bond donors (Lipinski definition) is 1. The molecule has 2 aromatic heterocycles. The molecule has 164 valence electrons. The number of alkyl carbamates (subject to hydrolysis) is 1. The molecule has 7 nitrogen and oxygen atoms in total. The summed E-state index contributed by atoms with van der Waals surface area (Å²) in [6.07, 6.45) is -3.97. The maximum absolute atomic E-state index is 14.3. The number of hydrogen-bond acceptors (Lipinski definition) is 6. The van der Waals surface area contributed by atoms with Crippen molar-refractivity contribution in [1.82, 2.24) is 20.4 Å². The molecule has 2 heterocycles. The number of benzene rings is 2. The Balaban J connectivity index is 1.33. The molecule has 11 heteroatoms. The van der Waals surface area contributed by atoms with Crippen molar-refractivity contribution in [2.24, 2.45) is 0 Å². The predicted molar refractivity (Wildman–Crippen MR) is 103 cm³/mol. The zero-order chi connectivity index (χ0) is 22.7. The second kappa shape index (κ2) is 8.61. The fourth-order valence-electron chi connectivity index (χ4n) is 2.85. The highest BCUT2D eigenvalue weighted by Crippen LogP contribution is 2.29. The summed E-state index contributed by atoms with van der Waals surface area (Å²) < 4.78 is 61.2. The van der Waals surface area contributed by atoms with Crippen molar-refractivity contribution in [3.05, 3.63) is 77.6 Å². The lowest BCUT2D eigenvalue weighted by Crippen LogP contribution is -2.24. The third-order valence-corrected chi connectivity index (χ3v) is 4.42. The van der Waals surface area contributed by atoms with Crippen molar-refractivity contribution in [2.45, 2.75) is 19.3 Å². The van der Waals surface area contributed by atoms with E-state index in [0.29, 0.717) is 5.56 Å². The van der Waals surface area contributed by atoms with E-state index in [1.54, 1.807) is 6.20 Å². The number of carbonyl (C=O) groups excluding carboxylic acids is 1. The lowest BCUT2D eigenvalue weighted by molar-refractivity contribution is -0.159. The smallest absolute Gasteiger partial charge is 0.445 e. The molecular formula is C21H14F4N4O3. The van der Waals surface area contributed by atoms with Crippen LogP contribution in [0.4, 0.5) is 22.4 Å². The number of ether oxygens (including phenoxy) is 1. The Labute approximate surface area is 178 Å². The van der Waals surface area contributed by atoms with Gasteiger partial charge in [0.1, 0.15) is 12.4 Å². The van der Waals surface area contributed by atoms with E-state index in [2.05, 4.69) is 25.0 Å². The van der Waals surface area contributed by atoms with Crippen LogP contribution in [0.15, 0.2) is 59.3 Å². The van der Waals surface area contributed by atoms with Gasteiger partial charge in [-0.2, -0.15) is 18.2 Å². The number of pyridine rings is 1. The van der Waals surface area contributed by atoms with Gasteiger partial charge in [-0.1, -0.05) is 35.5 Å². The molecule has 1 N–H and O–H groups in total. The molecule has 0 aliphatic heterocycles. The van der Waals surface area contributed by atoms with Crippen LogP contribution in [0.25, 0.3) is 22.3 Å². The molecule has 0 spiro atoms. The normalized spacial score (nSPS) is 11.5. The Kier molecular flexibility index (Phi) is 5.71. The Morgan fingerprint density at radius 1 is 1.12 bits per heavy atom. The largest absolute Gasteiger partial charge is 0.471 e. The van der Waals surface area contributed by atoms with E-state index in [1.807, 2.05) is 30.3 Å². The molecule has 0 aliphatic rings. The zero-order valence-electron chi connectivity index (χ0n) is 16.2. The standard InChI is InChI=1S/C21H14F4N4O3/c22-16-8-14(18-28-19(32-29-18)21(23,24)25)5-6-15(16)10-27-20(30)31-11-12-7-13-3-1-2-4-17(13)26-9-12/h1-9H,10-11H2,(H,27,30). The lowest BCUT2D eigenvalue weighted by atomic mass is 10.1. The van der Waals surface area contributed by atoms with Gasteiger partial charge in [0, 0.05) is 34.8 Å². The number of halogens is 4. The molecule has 0 bridgehead atoms. The second-order valence-corrected chi connectivity index (χ2v) is 6.69. The summed E-state index contributed by atoms with van der Waals surface area (Å²) in [5, 5.41) is 6.52. The van der Waals surface area contributed by atoms with Crippen LogP contribution in [0.1, 0.15) is 17.0 Å². The highest BCUT2D eigenvalue weighted by atomic mass is 19.4. The minimum atomic E-state index is -4.79. The summed E-state index contributed by atoms with van der Waals surface area (Å²) in [5.41, 5.74) is 1.59. The quantitative estimate of drug-likeness (QED) is 0.440. The predicted octanol–water partition coefficient (Wildman–Crippen LogP) is 4.87. The zero-order valence-corrected chi connectivity index (χ0v) is 16.2. The number of fused-ring (bicyclic) bond motifs is 1. The lowest BCUT2D eigenvalue weighted by Gasteiger charge is -2.09.